The van der Waals surface area contributed by atoms with Crippen molar-refractivity contribution in [3.05, 3.63) is 74.9 Å². The Morgan fingerprint density at radius 2 is 1.68 bits per heavy atom. The average Bonchev–Trinajstić information content (AvgIpc) is 2.98. The van der Waals surface area contributed by atoms with Crippen LogP contribution in [0.25, 0.3) is 0 Å². The zero-order chi connectivity index (χ0) is 20.6. The first-order valence-electron chi connectivity index (χ1n) is 8.61. The summed E-state index contributed by atoms with van der Waals surface area (Å²) in [6, 6.07) is 11.4. The van der Waals surface area contributed by atoms with Gasteiger partial charge in [-0.05, 0) is 68.7 Å². The lowest BCUT2D eigenvalue weighted by Crippen LogP contribution is -2.16. The molecule has 0 N–H and O–H groups in total. The van der Waals surface area contributed by atoms with Gasteiger partial charge in [0.1, 0.15) is 4.90 Å². The van der Waals surface area contributed by atoms with Crippen LogP contribution in [0.5, 0.6) is 5.88 Å². The SMILES string of the molecule is Cc1cc(OS(=O)(=O)c2ccc(C)c(C)c2)n(C(C)c2ccc(Cl)c(Cl)c2)n1. The Labute approximate surface area is 175 Å². The van der Waals surface area contributed by atoms with Crippen LogP contribution < -0.4 is 4.18 Å². The molecule has 0 bridgehead atoms. The first-order valence-corrected chi connectivity index (χ1v) is 10.8. The van der Waals surface area contributed by atoms with E-state index in [-0.39, 0.29) is 16.8 Å². The van der Waals surface area contributed by atoms with Crippen molar-refractivity contribution in [3.63, 3.8) is 0 Å². The zero-order valence-corrected chi connectivity index (χ0v) is 18.2. The number of halogens is 2. The van der Waals surface area contributed by atoms with Gasteiger partial charge in [-0.3, -0.25) is 0 Å². The molecule has 0 fully saturated rings. The van der Waals surface area contributed by atoms with E-state index in [9.17, 15) is 8.42 Å². The third-order valence-electron chi connectivity index (χ3n) is 4.58. The second-order valence-corrected chi connectivity index (χ2v) is 9.06. The van der Waals surface area contributed by atoms with Gasteiger partial charge in [0.15, 0.2) is 0 Å². The van der Waals surface area contributed by atoms with Crippen molar-refractivity contribution in [1.29, 1.82) is 0 Å². The first-order chi connectivity index (χ1) is 13.1. The second-order valence-electron chi connectivity index (χ2n) is 6.70. The largest absolute Gasteiger partial charge is 0.358 e. The maximum absolute atomic E-state index is 12.8. The number of hydrogen-bond acceptors (Lipinski definition) is 4. The van der Waals surface area contributed by atoms with Gasteiger partial charge in [0.05, 0.1) is 21.8 Å². The minimum atomic E-state index is -4.00. The van der Waals surface area contributed by atoms with E-state index in [1.165, 1.54) is 10.7 Å². The molecule has 0 aliphatic rings. The van der Waals surface area contributed by atoms with Gasteiger partial charge in [-0.15, -0.1) is 0 Å². The fourth-order valence-corrected chi connectivity index (χ4v) is 4.08. The topological polar surface area (TPSA) is 61.2 Å². The summed E-state index contributed by atoms with van der Waals surface area (Å²) in [6.45, 7) is 7.42. The number of aromatic nitrogens is 2. The minimum absolute atomic E-state index is 0.100. The predicted molar refractivity (Wildman–Crippen MR) is 111 cm³/mol. The Balaban J connectivity index is 1.97. The van der Waals surface area contributed by atoms with Gasteiger partial charge in [-0.1, -0.05) is 35.3 Å². The van der Waals surface area contributed by atoms with Crippen molar-refractivity contribution in [3.8, 4) is 5.88 Å². The molecule has 8 heteroatoms. The number of aryl methyl sites for hydroxylation is 3. The molecule has 5 nitrogen and oxygen atoms in total. The molecule has 1 atom stereocenters. The molecule has 28 heavy (non-hydrogen) atoms. The molecule has 0 spiro atoms. The maximum atomic E-state index is 12.8. The molecule has 0 saturated carbocycles. The number of benzene rings is 2. The van der Waals surface area contributed by atoms with Crippen molar-refractivity contribution in [1.82, 2.24) is 9.78 Å². The molecule has 1 unspecified atom stereocenters. The van der Waals surface area contributed by atoms with Crippen LogP contribution in [-0.2, 0) is 10.1 Å². The molecule has 0 radical (unpaired) electrons. The molecule has 2 aromatic carbocycles. The van der Waals surface area contributed by atoms with Crippen molar-refractivity contribution in [2.45, 2.75) is 38.6 Å². The Morgan fingerprint density at radius 1 is 0.964 bits per heavy atom. The molecule has 0 aliphatic heterocycles. The highest BCUT2D eigenvalue weighted by Crippen LogP contribution is 2.31. The molecule has 3 aromatic rings. The molecule has 148 valence electrons. The summed E-state index contributed by atoms with van der Waals surface area (Å²) >= 11 is 12.1. The summed E-state index contributed by atoms with van der Waals surface area (Å²) in [6.07, 6.45) is 0. The summed E-state index contributed by atoms with van der Waals surface area (Å²) in [5.74, 6) is 0.134. The van der Waals surface area contributed by atoms with E-state index in [1.807, 2.05) is 26.8 Å². The standard InChI is InChI=1S/C20H20Cl2N2O3S/c1-12-5-7-17(9-13(12)2)28(25,26)27-20-10-14(3)23-24(20)15(4)16-6-8-18(21)19(22)11-16/h5-11,15H,1-4H3. The molecule has 0 saturated heterocycles. The van der Waals surface area contributed by atoms with E-state index >= 15 is 0 Å². The van der Waals surface area contributed by atoms with Crippen LogP contribution in [0.15, 0.2) is 47.4 Å². The van der Waals surface area contributed by atoms with Gasteiger partial charge >= 0.3 is 10.1 Å². The first kappa shape index (κ1) is 20.7. The smallest absolute Gasteiger partial charge is 0.340 e. The van der Waals surface area contributed by atoms with Gasteiger partial charge in [0.2, 0.25) is 5.88 Å². The van der Waals surface area contributed by atoms with Crippen LogP contribution in [0.2, 0.25) is 10.0 Å². The summed E-state index contributed by atoms with van der Waals surface area (Å²) < 4.78 is 32.5. The van der Waals surface area contributed by atoms with Crippen molar-refractivity contribution in [2.24, 2.45) is 0 Å². The zero-order valence-electron chi connectivity index (χ0n) is 15.9. The Morgan fingerprint density at radius 3 is 2.32 bits per heavy atom. The Kier molecular flexibility index (Phi) is 5.75. The Bertz CT molecular complexity index is 1140. The predicted octanol–water partition coefficient (Wildman–Crippen LogP) is 5.49. The van der Waals surface area contributed by atoms with Gasteiger partial charge < -0.3 is 4.18 Å². The normalized spacial score (nSPS) is 12.8. The fourth-order valence-electron chi connectivity index (χ4n) is 2.78. The minimum Gasteiger partial charge on any atom is -0.358 e. The van der Waals surface area contributed by atoms with Gasteiger partial charge in [-0.2, -0.15) is 13.5 Å². The van der Waals surface area contributed by atoms with Crippen molar-refractivity contribution < 1.29 is 12.6 Å². The third-order valence-corrected chi connectivity index (χ3v) is 6.54. The number of rotatable bonds is 5. The molecule has 0 aliphatic carbocycles. The second kappa shape index (κ2) is 7.78. The van der Waals surface area contributed by atoms with Crippen LogP contribution in [0.4, 0.5) is 0 Å². The maximum Gasteiger partial charge on any atom is 0.340 e. The molecular formula is C20H20Cl2N2O3S. The average molecular weight is 439 g/mol. The van der Waals surface area contributed by atoms with E-state index in [0.29, 0.717) is 15.7 Å². The molecular weight excluding hydrogens is 419 g/mol. The monoisotopic (exact) mass is 438 g/mol. The highest BCUT2D eigenvalue weighted by molar-refractivity contribution is 7.87. The van der Waals surface area contributed by atoms with E-state index in [2.05, 4.69) is 5.10 Å². The van der Waals surface area contributed by atoms with E-state index < -0.39 is 10.1 Å². The highest BCUT2D eigenvalue weighted by Gasteiger charge is 2.23. The van der Waals surface area contributed by atoms with Crippen molar-refractivity contribution in [2.75, 3.05) is 0 Å². The molecule has 1 aromatic heterocycles. The highest BCUT2D eigenvalue weighted by atomic mass is 35.5. The lowest BCUT2D eigenvalue weighted by atomic mass is 10.1. The van der Waals surface area contributed by atoms with Crippen LogP contribution in [0, 0.1) is 20.8 Å². The molecule has 3 rings (SSSR count). The molecule has 0 amide bonds. The summed E-state index contributed by atoms with van der Waals surface area (Å²) in [5, 5.41) is 5.26. The summed E-state index contributed by atoms with van der Waals surface area (Å²) in [4.78, 5) is 0.100. The lowest BCUT2D eigenvalue weighted by Gasteiger charge is -2.17. The Hall–Kier alpha value is -2.02. The van der Waals surface area contributed by atoms with Crippen LogP contribution >= 0.6 is 23.2 Å². The van der Waals surface area contributed by atoms with Crippen molar-refractivity contribution >= 4 is 33.3 Å². The van der Waals surface area contributed by atoms with Gasteiger partial charge in [0.25, 0.3) is 0 Å². The van der Waals surface area contributed by atoms with Crippen LogP contribution in [-0.4, -0.2) is 18.2 Å². The van der Waals surface area contributed by atoms with Crippen LogP contribution in [0.1, 0.15) is 35.3 Å². The lowest BCUT2D eigenvalue weighted by molar-refractivity contribution is 0.425. The van der Waals surface area contributed by atoms with E-state index in [1.54, 1.807) is 37.3 Å². The molecule has 1 heterocycles. The summed E-state index contributed by atoms with van der Waals surface area (Å²) in [7, 11) is -4.00. The van der Waals surface area contributed by atoms with E-state index in [4.69, 9.17) is 27.4 Å². The fraction of sp³-hybridized carbons (Fsp3) is 0.250. The van der Waals surface area contributed by atoms with E-state index in [0.717, 1.165) is 16.7 Å². The van der Waals surface area contributed by atoms with Gasteiger partial charge in [0, 0.05) is 6.07 Å². The number of hydrogen-bond donors (Lipinski definition) is 0. The van der Waals surface area contributed by atoms with Crippen LogP contribution in [0.3, 0.4) is 0 Å². The third kappa shape index (κ3) is 4.19. The number of nitrogens with zero attached hydrogens (tertiary/aromatic N) is 2. The quantitative estimate of drug-likeness (QED) is 0.493. The van der Waals surface area contributed by atoms with Gasteiger partial charge in [-0.25, -0.2) is 4.68 Å². The summed E-state index contributed by atoms with van der Waals surface area (Å²) in [5.41, 5.74) is 3.34.